The van der Waals surface area contributed by atoms with Crippen LogP contribution in [0.15, 0.2) is 35.3 Å². The molecule has 0 saturated carbocycles. The normalized spacial score (nSPS) is 17.6. The van der Waals surface area contributed by atoms with Crippen LogP contribution >= 0.6 is 11.6 Å². The summed E-state index contributed by atoms with van der Waals surface area (Å²) in [5.74, 6) is 0.867. The molecule has 0 radical (unpaired) electrons. The summed E-state index contributed by atoms with van der Waals surface area (Å²) in [5.41, 5.74) is 1.19. The van der Waals surface area contributed by atoms with Crippen LogP contribution in [0, 0.1) is 0 Å². The number of fused-ring (bicyclic) bond motifs is 1. The predicted molar refractivity (Wildman–Crippen MR) is 150 cm³/mol. The fraction of sp³-hybridized carbons (Fsp3) is 0.481. The molecule has 0 aliphatic carbocycles. The highest BCUT2D eigenvalue weighted by molar-refractivity contribution is 6.32. The van der Waals surface area contributed by atoms with Crippen molar-refractivity contribution in [2.75, 3.05) is 37.0 Å². The SMILES string of the molecule is CCC1CN(c2ncc(Cl)c(Nc3ccc4c(c3)cc(OCC(=O)NC)c(=O)n4C(C)C)n2)CC(CC)O1. The predicted octanol–water partition coefficient (Wildman–Crippen LogP) is 4.29. The molecule has 10 nitrogen and oxygen atoms in total. The number of morpholine rings is 1. The number of amides is 1. The Bertz CT molecular complexity index is 1350. The minimum Gasteiger partial charge on any atom is -0.478 e. The topological polar surface area (TPSA) is 111 Å². The zero-order valence-electron chi connectivity index (χ0n) is 22.5. The van der Waals surface area contributed by atoms with E-state index in [1.54, 1.807) is 16.8 Å². The van der Waals surface area contributed by atoms with Crippen LogP contribution in [-0.4, -0.2) is 59.4 Å². The number of anilines is 3. The van der Waals surface area contributed by atoms with E-state index in [-0.39, 0.29) is 42.1 Å². The summed E-state index contributed by atoms with van der Waals surface area (Å²) in [4.78, 5) is 36.1. The lowest BCUT2D eigenvalue weighted by atomic mass is 10.1. The number of nitrogens with one attached hydrogen (secondary N) is 2. The molecule has 0 spiro atoms. The molecule has 2 N–H and O–H groups in total. The second-order valence-corrected chi connectivity index (χ2v) is 10.0. The van der Waals surface area contributed by atoms with Crippen molar-refractivity contribution in [1.29, 1.82) is 0 Å². The molecule has 0 bridgehead atoms. The molecule has 1 amide bonds. The molecule has 3 heterocycles. The van der Waals surface area contributed by atoms with Gasteiger partial charge >= 0.3 is 0 Å². The van der Waals surface area contributed by atoms with Gasteiger partial charge in [0.25, 0.3) is 11.5 Å². The zero-order chi connectivity index (χ0) is 27.4. The van der Waals surface area contributed by atoms with Gasteiger partial charge < -0.3 is 29.6 Å². The fourth-order valence-electron chi connectivity index (χ4n) is 4.50. The van der Waals surface area contributed by atoms with Gasteiger partial charge in [0, 0.05) is 37.3 Å². The van der Waals surface area contributed by atoms with Crippen LogP contribution in [0.5, 0.6) is 5.75 Å². The number of hydrogen-bond acceptors (Lipinski definition) is 8. The smallest absolute Gasteiger partial charge is 0.293 e. The number of carbonyl (C=O) groups is 1. The average Bonchev–Trinajstić information content (AvgIpc) is 2.92. The van der Waals surface area contributed by atoms with Crippen molar-refractivity contribution >= 4 is 45.9 Å². The molecule has 1 aromatic carbocycles. The van der Waals surface area contributed by atoms with E-state index in [1.807, 2.05) is 32.0 Å². The summed E-state index contributed by atoms with van der Waals surface area (Å²) in [6, 6.07) is 7.18. The van der Waals surface area contributed by atoms with Gasteiger partial charge in [0.15, 0.2) is 18.2 Å². The molecule has 1 fully saturated rings. The molecule has 38 heavy (non-hydrogen) atoms. The molecular formula is C27H35ClN6O4. The first-order chi connectivity index (χ1) is 18.2. The van der Waals surface area contributed by atoms with Crippen molar-refractivity contribution in [1.82, 2.24) is 19.9 Å². The third kappa shape index (κ3) is 6.02. The minimum atomic E-state index is -0.319. The Morgan fingerprint density at radius 2 is 1.92 bits per heavy atom. The molecule has 1 aliphatic rings. The number of rotatable bonds is 9. The summed E-state index contributed by atoms with van der Waals surface area (Å²) >= 11 is 6.48. The lowest BCUT2D eigenvalue weighted by Gasteiger charge is -2.37. The molecule has 1 aliphatic heterocycles. The van der Waals surface area contributed by atoms with E-state index >= 15 is 0 Å². The van der Waals surface area contributed by atoms with Crippen LogP contribution in [0.4, 0.5) is 17.5 Å². The Morgan fingerprint density at radius 1 is 1.21 bits per heavy atom. The Kier molecular flexibility index (Phi) is 8.73. The zero-order valence-corrected chi connectivity index (χ0v) is 23.2. The molecular weight excluding hydrogens is 508 g/mol. The van der Waals surface area contributed by atoms with E-state index in [9.17, 15) is 9.59 Å². The van der Waals surface area contributed by atoms with Crippen molar-refractivity contribution in [2.24, 2.45) is 0 Å². The maximum atomic E-state index is 13.1. The van der Waals surface area contributed by atoms with Crippen LogP contribution in [0.2, 0.25) is 5.02 Å². The van der Waals surface area contributed by atoms with Crippen LogP contribution in [0.3, 0.4) is 0 Å². The van der Waals surface area contributed by atoms with Crippen LogP contribution in [0.25, 0.3) is 10.9 Å². The van der Waals surface area contributed by atoms with Gasteiger partial charge in [-0.05, 0) is 51.0 Å². The standard InChI is InChI=1S/C27H35ClN6O4/c1-6-19-13-33(14-20(7-2)38-19)27-30-12-21(28)25(32-27)31-18-8-9-22-17(10-18)11-23(37-15-24(35)29-5)26(36)34(22)16(3)4/h8-12,16,19-20H,6-7,13-15H2,1-5H3,(H,29,35)(H,30,31,32). The lowest BCUT2D eigenvalue weighted by Crippen LogP contribution is -2.48. The van der Waals surface area contributed by atoms with Gasteiger partial charge in [0.1, 0.15) is 5.02 Å². The van der Waals surface area contributed by atoms with Gasteiger partial charge in [-0.2, -0.15) is 4.98 Å². The van der Waals surface area contributed by atoms with Crippen LogP contribution in [0.1, 0.15) is 46.6 Å². The van der Waals surface area contributed by atoms with Gasteiger partial charge in [-0.25, -0.2) is 4.98 Å². The van der Waals surface area contributed by atoms with Crippen molar-refractivity contribution in [3.05, 3.63) is 45.8 Å². The lowest BCUT2D eigenvalue weighted by molar-refractivity contribution is -0.122. The number of likely N-dealkylation sites (N-methyl/N-ethyl adjacent to an activating group) is 1. The molecule has 2 atom stereocenters. The number of carbonyl (C=O) groups excluding carboxylic acids is 1. The van der Waals surface area contributed by atoms with Crippen molar-refractivity contribution in [3.63, 3.8) is 0 Å². The number of hydrogen-bond donors (Lipinski definition) is 2. The summed E-state index contributed by atoms with van der Waals surface area (Å²) in [5, 5.41) is 6.96. The second kappa shape index (κ2) is 12.0. The number of ether oxygens (including phenoxy) is 2. The Hall–Kier alpha value is -3.37. The van der Waals surface area contributed by atoms with E-state index < -0.39 is 0 Å². The summed E-state index contributed by atoms with van der Waals surface area (Å²) in [6.45, 7) is 9.27. The highest BCUT2D eigenvalue weighted by atomic mass is 35.5. The number of halogens is 1. The quantitative estimate of drug-likeness (QED) is 0.412. The molecule has 1 saturated heterocycles. The van der Waals surface area contributed by atoms with Crippen molar-refractivity contribution < 1.29 is 14.3 Å². The molecule has 2 aromatic heterocycles. The maximum absolute atomic E-state index is 13.1. The van der Waals surface area contributed by atoms with Gasteiger partial charge in [0.2, 0.25) is 5.95 Å². The molecule has 2 unspecified atom stereocenters. The second-order valence-electron chi connectivity index (χ2n) is 9.61. The van der Waals surface area contributed by atoms with Gasteiger partial charge in [0.05, 0.1) is 23.9 Å². The monoisotopic (exact) mass is 542 g/mol. The molecule has 3 aromatic rings. The van der Waals surface area contributed by atoms with Gasteiger partial charge in [-0.15, -0.1) is 0 Å². The highest BCUT2D eigenvalue weighted by Gasteiger charge is 2.27. The van der Waals surface area contributed by atoms with E-state index in [1.165, 1.54) is 7.05 Å². The number of aromatic nitrogens is 3. The first-order valence-corrected chi connectivity index (χ1v) is 13.3. The van der Waals surface area contributed by atoms with Crippen LogP contribution in [-0.2, 0) is 9.53 Å². The summed E-state index contributed by atoms with van der Waals surface area (Å²) in [7, 11) is 1.52. The number of benzene rings is 1. The first-order valence-electron chi connectivity index (χ1n) is 13.0. The highest BCUT2D eigenvalue weighted by Crippen LogP contribution is 2.29. The average molecular weight is 543 g/mol. The third-order valence-electron chi connectivity index (χ3n) is 6.58. The summed E-state index contributed by atoms with van der Waals surface area (Å²) in [6.07, 6.45) is 3.69. The number of pyridine rings is 1. The fourth-order valence-corrected chi connectivity index (χ4v) is 4.64. The van der Waals surface area contributed by atoms with E-state index in [0.717, 1.165) is 42.5 Å². The Balaban J connectivity index is 1.66. The summed E-state index contributed by atoms with van der Waals surface area (Å²) < 4.78 is 13.3. The van der Waals surface area contributed by atoms with E-state index in [0.29, 0.717) is 16.8 Å². The Morgan fingerprint density at radius 3 is 2.55 bits per heavy atom. The maximum Gasteiger partial charge on any atom is 0.293 e. The van der Waals surface area contributed by atoms with E-state index in [4.69, 9.17) is 26.1 Å². The number of nitrogens with zero attached hydrogens (tertiary/aromatic N) is 4. The van der Waals surface area contributed by atoms with E-state index in [2.05, 4.69) is 34.4 Å². The van der Waals surface area contributed by atoms with Crippen molar-refractivity contribution in [2.45, 2.75) is 58.8 Å². The Labute approximate surface area is 227 Å². The molecule has 11 heteroatoms. The molecule has 204 valence electrons. The molecule has 4 rings (SSSR count). The third-order valence-corrected chi connectivity index (χ3v) is 6.85. The minimum absolute atomic E-state index is 0.109. The largest absolute Gasteiger partial charge is 0.478 e. The van der Waals surface area contributed by atoms with Gasteiger partial charge in [-0.1, -0.05) is 25.4 Å². The van der Waals surface area contributed by atoms with Crippen LogP contribution < -0.4 is 25.8 Å². The van der Waals surface area contributed by atoms with Gasteiger partial charge in [-0.3, -0.25) is 9.59 Å². The first kappa shape index (κ1) is 27.7. The van der Waals surface area contributed by atoms with Crippen molar-refractivity contribution in [3.8, 4) is 5.75 Å².